The summed E-state index contributed by atoms with van der Waals surface area (Å²) < 4.78 is 93.5. The second-order valence-corrected chi connectivity index (χ2v) is 10.7. The Labute approximate surface area is 273 Å². The fourth-order valence-corrected chi connectivity index (χ4v) is 5.39. The molecule has 0 aliphatic carbocycles. The number of halogens is 6. The molecule has 1 aromatic heterocycles. The smallest absolute Gasteiger partial charge is 0.416 e. The van der Waals surface area contributed by atoms with Gasteiger partial charge in [-0.3, -0.25) is 4.90 Å². The van der Waals surface area contributed by atoms with Crippen molar-refractivity contribution in [2.75, 3.05) is 42.0 Å². The molecule has 0 bridgehead atoms. The van der Waals surface area contributed by atoms with Crippen LogP contribution in [0.4, 0.5) is 48.5 Å². The average Bonchev–Trinajstić information content (AvgIpc) is 3.05. The lowest BCUT2D eigenvalue weighted by Gasteiger charge is -2.44. The molecular weight excluding hydrogens is 648 g/mol. The molecule has 0 spiro atoms. The molecule has 0 saturated carbocycles. The summed E-state index contributed by atoms with van der Waals surface area (Å²) in [6, 6.07) is 5.46. The molecule has 48 heavy (non-hydrogen) atoms. The van der Waals surface area contributed by atoms with Crippen LogP contribution in [0.25, 0.3) is 0 Å². The average molecular weight is 684 g/mol. The summed E-state index contributed by atoms with van der Waals surface area (Å²) in [5.74, 6) is 0.532. The number of fused-ring (bicyclic) bond motifs is 1. The molecule has 0 unspecified atom stereocenters. The summed E-state index contributed by atoms with van der Waals surface area (Å²) in [5, 5.41) is 0. The number of carbonyl (C=O) groups is 1. The van der Waals surface area contributed by atoms with Crippen molar-refractivity contribution >= 4 is 29.6 Å². The molecule has 0 saturated heterocycles. The molecule has 0 radical (unpaired) electrons. The largest absolute Gasteiger partial charge is 0.497 e. The molecule has 1 aliphatic rings. The second-order valence-electron chi connectivity index (χ2n) is 10.7. The van der Waals surface area contributed by atoms with E-state index >= 15 is 0 Å². The van der Waals surface area contributed by atoms with Gasteiger partial charge in [-0.2, -0.15) is 35.9 Å². The van der Waals surface area contributed by atoms with E-state index in [9.17, 15) is 31.1 Å². The number of alkyl halides is 6. The Kier molecular flexibility index (Phi) is 12.4. The van der Waals surface area contributed by atoms with Crippen LogP contribution in [-0.2, 0) is 33.2 Å². The molecule has 3 aromatic rings. The zero-order chi connectivity index (χ0) is 35.8. The lowest BCUT2D eigenvalue weighted by Crippen LogP contribution is -2.48. The first kappa shape index (κ1) is 37.6. The van der Waals surface area contributed by atoms with Crippen molar-refractivity contribution in [3.63, 3.8) is 0 Å². The number of anilines is 3. The molecule has 0 fully saturated rings. The van der Waals surface area contributed by atoms with Crippen molar-refractivity contribution < 1.29 is 50.2 Å². The Bertz CT molecular complexity index is 1550. The van der Waals surface area contributed by atoms with E-state index in [1.165, 1.54) is 12.0 Å². The maximum absolute atomic E-state index is 13.8. The molecule has 1 amide bonds. The van der Waals surface area contributed by atoms with Gasteiger partial charge in [0.15, 0.2) is 0 Å². The molecule has 1 aliphatic heterocycles. The fraction of sp³-hybridized carbons (Fsp3) is 0.438. The Balaban J connectivity index is 0.00000201. The Morgan fingerprint density at radius 1 is 0.979 bits per heavy atom. The SMILES string of the molecule is CCOC(=O)N1c2ccc(OC)cc2[C@@H](N(Cc2cc(C(F)(F)F)cc(C(F)(F)F)c2)c2ncc(N(C)CC)cn2)C[C@H]1CC.O=C=O. The summed E-state index contributed by atoms with van der Waals surface area (Å²) in [7, 11) is 3.29. The normalized spacial score (nSPS) is 15.8. The first-order valence-electron chi connectivity index (χ1n) is 14.8. The third kappa shape index (κ3) is 8.73. The number of methoxy groups -OCH3 is 1. The van der Waals surface area contributed by atoms with Gasteiger partial charge in [0.1, 0.15) is 5.75 Å². The standard InChI is InChI=1S/C31H35F6N5O3.CO2/c1-6-22-14-27(25-15-24(44-5)9-10-26(25)42(22)29(43)45-8-3)41(28-38-16-23(17-39-28)40(4)7-2)18-19-11-20(30(32,33)34)13-21(12-19)31(35,36)37;2-1-3/h9-13,15-17,22,27H,6-8,14,18H2,1-5H3;/t22-,27+;/m1./s1. The summed E-state index contributed by atoms with van der Waals surface area (Å²) in [5.41, 5.74) is -1.37. The number of benzene rings is 2. The number of hydrogen-bond acceptors (Lipinski definition) is 9. The van der Waals surface area contributed by atoms with Gasteiger partial charge in [0.2, 0.25) is 5.95 Å². The van der Waals surface area contributed by atoms with E-state index in [0.717, 1.165) is 0 Å². The molecule has 16 heteroatoms. The monoisotopic (exact) mass is 683 g/mol. The molecule has 2 aromatic carbocycles. The summed E-state index contributed by atoms with van der Waals surface area (Å²) in [6.45, 7) is 5.88. The van der Waals surface area contributed by atoms with Gasteiger partial charge in [-0.05, 0) is 68.7 Å². The van der Waals surface area contributed by atoms with Crippen molar-refractivity contribution in [3.8, 4) is 5.75 Å². The molecule has 4 rings (SSSR count). The highest BCUT2D eigenvalue weighted by atomic mass is 19.4. The molecule has 2 atom stereocenters. The van der Waals surface area contributed by atoms with E-state index in [-0.39, 0.29) is 36.8 Å². The minimum absolute atomic E-state index is 0.0902. The number of hydrogen-bond donors (Lipinski definition) is 0. The van der Waals surface area contributed by atoms with Crippen molar-refractivity contribution in [1.82, 2.24) is 9.97 Å². The Hall–Kier alpha value is -4.85. The minimum Gasteiger partial charge on any atom is -0.497 e. The van der Waals surface area contributed by atoms with Crippen molar-refractivity contribution in [2.24, 2.45) is 0 Å². The van der Waals surface area contributed by atoms with E-state index in [2.05, 4.69) is 9.97 Å². The minimum atomic E-state index is -5.01. The molecule has 0 N–H and O–H groups in total. The number of amides is 1. The summed E-state index contributed by atoms with van der Waals surface area (Å²) in [6.07, 6.45) is -6.52. The van der Waals surface area contributed by atoms with Crippen LogP contribution in [0.3, 0.4) is 0 Å². The maximum atomic E-state index is 13.8. The summed E-state index contributed by atoms with van der Waals surface area (Å²) >= 11 is 0. The fourth-order valence-electron chi connectivity index (χ4n) is 5.39. The summed E-state index contributed by atoms with van der Waals surface area (Å²) in [4.78, 5) is 43.4. The van der Waals surface area contributed by atoms with Crippen LogP contribution in [0.15, 0.2) is 48.8 Å². The maximum Gasteiger partial charge on any atom is 0.416 e. The topological polar surface area (TPSA) is 105 Å². The van der Waals surface area contributed by atoms with Gasteiger partial charge >= 0.3 is 24.6 Å². The number of nitrogens with zero attached hydrogens (tertiary/aromatic N) is 5. The van der Waals surface area contributed by atoms with Gasteiger partial charge in [-0.25, -0.2) is 14.8 Å². The van der Waals surface area contributed by atoms with Crippen LogP contribution < -0.4 is 19.4 Å². The number of rotatable bonds is 9. The van der Waals surface area contributed by atoms with Crippen molar-refractivity contribution in [1.29, 1.82) is 0 Å². The van der Waals surface area contributed by atoms with Gasteiger partial charge in [0, 0.05) is 31.7 Å². The highest BCUT2D eigenvalue weighted by molar-refractivity contribution is 5.90. The van der Waals surface area contributed by atoms with Gasteiger partial charge in [0.05, 0.1) is 54.7 Å². The quantitative estimate of drug-likeness (QED) is 0.215. The van der Waals surface area contributed by atoms with Crippen LogP contribution in [0.2, 0.25) is 0 Å². The van der Waals surface area contributed by atoms with Gasteiger partial charge < -0.3 is 19.3 Å². The lowest BCUT2D eigenvalue weighted by atomic mass is 9.88. The highest BCUT2D eigenvalue weighted by Crippen LogP contribution is 2.45. The Morgan fingerprint density at radius 3 is 2.04 bits per heavy atom. The molecule has 10 nitrogen and oxygen atoms in total. The second kappa shape index (κ2) is 15.8. The third-order valence-corrected chi connectivity index (χ3v) is 7.82. The Morgan fingerprint density at radius 2 is 1.56 bits per heavy atom. The first-order valence-corrected chi connectivity index (χ1v) is 14.8. The van der Waals surface area contributed by atoms with Crippen LogP contribution in [0.5, 0.6) is 5.75 Å². The number of carbonyl (C=O) groups excluding carboxylic acids is 3. The zero-order valence-corrected chi connectivity index (χ0v) is 26.9. The van der Waals surface area contributed by atoms with Gasteiger partial charge in [-0.15, -0.1) is 0 Å². The van der Waals surface area contributed by atoms with Crippen LogP contribution in [0, 0.1) is 0 Å². The third-order valence-electron chi connectivity index (χ3n) is 7.82. The van der Waals surface area contributed by atoms with E-state index in [1.54, 1.807) is 42.4 Å². The zero-order valence-electron chi connectivity index (χ0n) is 26.9. The van der Waals surface area contributed by atoms with E-state index in [1.807, 2.05) is 25.8 Å². The first-order chi connectivity index (χ1) is 22.6. The number of aromatic nitrogens is 2. The van der Waals surface area contributed by atoms with Crippen LogP contribution >= 0.6 is 0 Å². The predicted octanol–water partition coefficient (Wildman–Crippen LogP) is 7.29. The van der Waals surface area contributed by atoms with Crippen molar-refractivity contribution in [2.45, 2.75) is 64.6 Å². The van der Waals surface area contributed by atoms with Gasteiger partial charge in [-0.1, -0.05) is 6.92 Å². The van der Waals surface area contributed by atoms with Crippen LogP contribution in [-0.4, -0.2) is 55.6 Å². The number of ether oxygens (including phenoxy) is 2. The van der Waals surface area contributed by atoms with E-state index < -0.39 is 48.2 Å². The lowest BCUT2D eigenvalue weighted by molar-refractivity contribution is -0.191. The highest BCUT2D eigenvalue weighted by Gasteiger charge is 2.41. The molecular formula is C32H35F6N5O5. The predicted molar refractivity (Wildman–Crippen MR) is 163 cm³/mol. The van der Waals surface area contributed by atoms with Crippen molar-refractivity contribution in [3.05, 3.63) is 71.0 Å². The van der Waals surface area contributed by atoms with Gasteiger partial charge in [0.25, 0.3) is 0 Å². The van der Waals surface area contributed by atoms with E-state index in [4.69, 9.17) is 19.1 Å². The van der Waals surface area contributed by atoms with E-state index in [0.29, 0.717) is 47.8 Å². The molecule has 2 heterocycles. The van der Waals surface area contributed by atoms with Crippen LogP contribution in [0.1, 0.15) is 61.9 Å². The molecule has 260 valence electrons.